The van der Waals surface area contributed by atoms with Crippen LogP contribution in [0.2, 0.25) is 0 Å². The first kappa shape index (κ1) is 14.5. The molecule has 2 heterocycles. The molecule has 2 atom stereocenters. The number of nitrogens with zero attached hydrogens (tertiary/aromatic N) is 3. The molecule has 0 N–H and O–H groups in total. The highest BCUT2D eigenvalue weighted by Gasteiger charge is 2.40. The van der Waals surface area contributed by atoms with Crippen LogP contribution < -0.4 is 0 Å². The van der Waals surface area contributed by atoms with E-state index >= 15 is 0 Å². The molecule has 0 aromatic heterocycles. The number of rotatable bonds is 2. The van der Waals surface area contributed by atoms with E-state index in [1.54, 1.807) is 16.4 Å². The number of fused-ring (bicyclic) bond motifs is 1. The number of nitriles is 1. The fourth-order valence-corrected chi connectivity index (χ4v) is 4.99. The summed E-state index contributed by atoms with van der Waals surface area (Å²) in [6, 6.07) is 8.53. The number of piperazine rings is 1. The van der Waals surface area contributed by atoms with Crippen molar-refractivity contribution < 1.29 is 8.42 Å². The molecule has 0 bridgehead atoms. The highest BCUT2D eigenvalue weighted by Crippen LogP contribution is 2.29. The smallest absolute Gasteiger partial charge is 0.243 e. The van der Waals surface area contributed by atoms with E-state index in [1.165, 1.54) is 12.1 Å². The SMILES string of the molecule is CC1CN2CCCC2CN1S(=O)(=O)c1ccc(C#N)cc1. The van der Waals surface area contributed by atoms with Gasteiger partial charge in [0.2, 0.25) is 10.0 Å². The molecule has 0 saturated carbocycles. The van der Waals surface area contributed by atoms with E-state index in [2.05, 4.69) is 4.90 Å². The van der Waals surface area contributed by atoms with Crippen molar-refractivity contribution >= 4 is 10.0 Å². The Morgan fingerprint density at radius 1 is 1.24 bits per heavy atom. The first-order valence-electron chi connectivity index (χ1n) is 7.28. The molecule has 2 saturated heterocycles. The predicted octanol–water partition coefficient (Wildman–Crippen LogP) is 1.42. The number of sulfonamides is 1. The number of hydrogen-bond acceptors (Lipinski definition) is 4. The van der Waals surface area contributed by atoms with E-state index in [0.717, 1.165) is 25.9 Å². The molecule has 0 radical (unpaired) electrons. The molecule has 0 aliphatic carbocycles. The van der Waals surface area contributed by atoms with Crippen molar-refractivity contribution in [2.75, 3.05) is 19.6 Å². The molecule has 1 aromatic carbocycles. The van der Waals surface area contributed by atoms with Crippen LogP contribution in [0.4, 0.5) is 0 Å². The van der Waals surface area contributed by atoms with Gasteiger partial charge in [0.25, 0.3) is 0 Å². The van der Waals surface area contributed by atoms with E-state index in [0.29, 0.717) is 18.2 Å². The van der Waals surface area contributed by atoms with Crippen LogP contribution in [0.5, 0.6) is 0 Å². The third-order valence-electron chi connectivity index (χ3n) is 4.47. The summed E-state index contributed by atoms with van der Waals surface area (Å²) in [5.41, 5.74) is 0.475. The second kappa shape index (κ2) is 5.41. The summed E-state index contributed by atoms with van der Waals surface area (Å²) in [4.78, 5) is 2.68. The van der Waals surface area contributed by atoms with Crippen LogP contribution in [0.1, 0.15) is 25.3 Å². The molecule has 2 aliphatic rings. The lowest BCUT2D eigenvalue weighted by atomic mass is 10.1. The zero-order chi connectivity index (χ0) is 15.0. The maximum absolute atomic E-state index is 12.8. The molecule has 112 valence electrons. The summed E-state index contributed by atoms with van der Waals surface area (Å²) < 4.78 is 27.2. The number of benzene rings is 1. The van der Waals surface area contributed by atoms with Gasteiger partial charge in [-0.2, -0.15) is 9.57 Å². The summed E-state index contributed by atoms with van der Waals surface area (Å²) >= 11 is 0. The van der Waals surface area contributed by atoms with Gasteiger partial charge >= 0.3 is 0 Å². The van der Waals surface area contributed by atoms with Crippen molar-refractivity contribution in [3.8, 4) is 6.07 Å². The van der Waals surface area contributed by atoms with Crippen LogP contribution in [0.15, 0.2) is 29.2 Å². The van der Waals surface area contributed by atoms with Crippen LogP contribution in [0.3, 0.4) is 0 Å². The third-order valence-corrected chi connectivity index (χ3v) is 6.46. The zero-order valence-corrected chi connectivity index (χ0v) is 12.9. The van der Waals surface area contributed by atoms with Crippen LogP contribution in [0.25, 0.3) is 0 Å². The lowest BCUT2D eigenvalue weighted by Gasteiger charge is -2.41. The average Bonchev–Trinajstić information content (AvgIpc) is 2.93. The Morgan fingerprint density at radius 2 is 1.95 bits per heavy atom. The minimum Gasteiger partial charge on any atom is -0.297 e. The second-order valence-corrected chi connectivity index (χ2v) is 7.74. The quantitative estimate of drug-likeness (QED) is 0.829. The lowest BCUT2D eigenvalue weighted by Crippen LogP contribution is -2.56. The Morgan fingerprint density at radius 3 is 2.62 bits per heavy atom. The van der Waals surface area contributed by atoms with Gasteiger partial charge in [-0.1, -0.05) is 0 Å². The summed E-state index contributed by atoms with van der Waals surface area (Å²) in [5, 5.41) is 8.81. The fraction of sp³-hybridized carbons (Fsp3) is 0.533. The molecular weight excluding hydrogens is 286 g/mol. The fourth-order valence-electron chi connectivity index (χ4n) is 3.33. The van der Waals surface area contributed by atoms with E-state index < -0.39 is 10.0 Å². The van der Waals surface area contributed by atoms with E-state index in [9.17, 15) is 8.42 Å². The molecule has 6 heteroatoms. The van der Waals surface area contributed by atoms with Crippen molar-refractivity contribution in [3.63, 3.8) is 0 Å². The average molecular weight is 305 g/mol. The molecule has 3 rings (SSSR count). The monoisotopic (exact) mass is 305 g/mol. The van der Waals surface area contributed by atoms with Crippen molar-refractivity contribution in [3.05, 3.63) is 29.8 Å². The molecule has 0 spiro atoms. The molecule has 2 fully saturated rings. The van der Waals surface area contributed by atoms with Crippen LogP contribution >= 0.6 is 0 Å². The van der Waals surface area contributed by atoms with Crippen LogP contribution in [-0.4, -0.2) is 49.3 Å². The molecule has 1 aromatic rings. The summed E-state index contributed by atoms with van der Waals surface area (Å²) in [5.74, 6) is 0. The first-order chi connectivity index (χ1) is 10.0. The summed E-state index contributed by atoms with van der Waals surface area (Å²) in [6.07, 6.45) is 2.23. The largest absolute Gasteiger partial charge is 0.297 e. The zero-order valence-electron chi connectivity index (χ0n) is 12.1. The van der Waals surface area contributed by atoms with Crippen LogP contribution in [0, 0.1) is 11.3 Å². The second-order valence-electron chi connectivity index (χ2n) is 5.85. The van der Waals surface area contributed by atoms with Crippen molar-refractivity contribution in [1.82, 2.24) is 9.21 Å². The molecule has 5 nitrogen and oxygen atoms in total. The third kappa shape index (κ3) is 2.57. The van der Waals surface area contributed by atoms with Gasteiger partial charge in [0.05, 0.1) is 16.5 Å². The predicted molar refractivity (Wildman–Crippen MR) is 79.1 cm³/mol. The Labute approximate surface area is 125 Å². The summed E-state index contributed by atoms with van der Waals surface area (Å²) in [6.45, 7) is 4.43. The molecule has 0 amide bonds. The Bertz CT molecular complexity index is 663. The maximum Gasteiger partial charge on any atom is 0.243 e. The lowest BCUT2D eigenvalue weighted by molar-refractivity contribution is 0.117. The molecule has 2 aliphatic heterocycles. The van der Waals surface area contributed by atoms with Gasteiger partial charge in [-0.25, -0.2) is 8.42 Å². The first-order valence-corrected chi connectivity index (χ1v) is 8.72. The van der Waals surface area contributed by atoms with E-state index in [4.69, 9.17) is 5.26 Å². The molecule has 21 heavy (non-hydrogen) atoms. The highest BCUT2D eigenvalue weighted by molar-refractivity contribution is 7.89. The van der Waals surface area contributed by atoms with E-state index in [-0.39, 0.29) is 10.9 Å². The normalized spacial score (nSPS) is 27.2. The minimum absolute atomic E-state index is 0.0139. The Kier molecular flexibility index (Phi) is 3.74. The molecular formula is C15H19N3O2S. The Hall–Kier alpha value is -1.42. The van der Waals surface area contributed by atoms with Crippen molar-refractivity contribution in [2.45, 2.75) is 36.7 Å². The van der Waals surface area contributed by atoms with Gasteiger partial charge in [-0.15, -0.1) is 0 Å². The van der Waals surface area contributed by atoms with Crippen LogP contribution in [-0.2, 0) is 10.0 Å². The van der Waals surface area contributed by atoms with Gasteiger partial charge in [0.15, 0.2) is 0 Å². The number of hydrogen-bond donors (Lipinski definition) is 0. The summed E-state index contributed by atoms with van der Waals surface area (Å²) in [7, 11) is -3.48. The standard InChI is InChI=1S/C15H19N3O2S/c1-12-10-17-8-2-3-14(17)11-18(12)21(19,20)15-6-4-13(9-16)5-7-15/h4-7,12,14H,2-3,8,10-11H2,1H3. The van der Waals surface area contributed by atoms with Gasteiger partial charge in [0.1, 0.15) is 0 Å². The maximum atomic E-state index is 12.8. The van der Waals surface area contributed by atoms with Crippen molar-refractivity contribution in [2.24, 2.45) is 0 Å². The highest BCUT2D eigenvalue weighted by atomic mass is 32.2. The Balaban J connectivity index is 1.88. The molecule has 2 unspecified atom stereocenters. The van der Waals surface area contributed by atoms with Crippen molar-refractivity contribution in [1.29, 1.82) is 5.26 Å². The van der Waals surface area contributed by atoms with E-state index in [1.807, 2.05) is 13.0 Å². The van der Waals surface area contributed by atoms with Gasteiger partial charge in [-0.05, 0) is 50.6 Å². The minimum atomic E-state index is -3.48. The van der Waals surface area contributed by atoms with Gasteiger partial charge < -0.3 is 0 Å². The topological polar surface area (TPSA) is 64.4 Å². The van der Waals surface area contributed by atoms with Gasteiger partial charge in [0, 0.05) is 25.2 Å². The van der Waals surface area contributed by atoms with Gasteiger partial charge in [-0.3, -0.25) is 4.90 Å².